The van der Waals surface area contributed by atoms with Gasteiger partial charge in [-0.25, -0.2) is 0 Å². The van der Waals surface area contributed by atoms with Crippen LogP contribution in [0.4, 0.5) is 0 Å². The summed E-state index contributed by atoms with van der Waals surface area (Å²) in [5, 5.41) is 0. The number of nitrogens with two attached hydrogens (primary N) is 1. The minimum Gasteiger partial charge on any atom is -0.497 e. The van der Waals surface area contributed by atoms with E-state index in [2.05, 4.69) is 0 Å². The molecule has 2 rings (SSSR count). The Morgan fingerprint density at radius 2 is 2.20 bits per heavy atom. The lowest BCUT2D eigenvalue weighted by Gasteiger charge is -2.39. The summed E-state index contributed by atoms with van der Waals surface area (Å²) in [4.78, 5) is 11.5. The van der Waals surface area contributed by atoms with Crippen LogP contribution in [0, 0.1) is 0 Å². The number of ether oxygens (including phenoxy) is 1. The Bertz CT molecular complexity index is 383. The van der Waals surface area contributed by atoms with Crippen molar-refractivity contribution in [3.05, 3.63) is 29.8 Å². The van der Waals surface area contributed by atoms with E-state index in [1.807, 2.05) is 24.3 Å². The molecule has 1 aromatic carbocycles. The van der Waals surface area contributed by atoms with E-state index >= 15 is 0 Å². The summed E-state index contributed by atoms with van der Waals surface area (Å²) >= 11 is 0. The maximum Gasteiger partial charge on any atom is 0.228 e. The van der Waals surface area contributed by atoms with Crippen molar-refractivity contribution in [2.45, 2.75) is 24.7 Å². The third-order valence-electron chi connectivity index (χ3n) is 3.30. The quantitative estimate of drug-likeness (QED) is 0.814. The first-order chi connectivity index (χ1) is 7.19. The van der Waals surface area contributed by atoms with E-state index in [1.54, 1.807) is 7.11 Å². The third-order valence-corrected chi connectivity index (χ3v) is 3.30. The normalized spacial score (nSPS) is 17.9. The summed E-state index contributed by atoms with van der Waals surface area (Å²) in [7, 11) is 1.62. The van der Waals surface area contributed by atoms with Crippen molar-refractivity contribution in [2.75, 3.05) is 7.11 Å². The second-order valence-electron chi connectivity index (χ2n) is 4.03. The standard InChI is InChI=1S/C12H15NO2/c1-15-10-5-2-4-9(8-10)12(11(13)14)6-3-7-12/h2,4-5,8H,3,6-7H2,1H3,(H2,13,14). The average molecular weight is 205 g/mol. The van der Waals surface area contributed by atoms with Crippen molar-refractivity contribution in [3.63, 3.8) is 0 Å². The van der Waals surface area contributed by atoms with Gasteiger partial charge in [0.15, 0.2) is 0 Å². The van der Waals surface area contributed by atoms with Crippen molar-refractivity contribution in [3.8, 4) is 5.75 Å². The first-order valence-corrected chi connectivity index (χ1v) is 5.13. The molecule has 15 heavy (non-hydrogen) atoms. The Balaban J connectivity index is 2.38. The summed E-state index contributed by atoms with van der Waals surface area (Å²) in [5.41, 5.74) is 6.03. The van der Waals surface area contributed by atoms with Gasteiger partial charge < -0.3 is 10.5 Å². The Morgan fingerprint density at radius 1 is 1.47 bits per heavy atom. The summed E-state index contributed by atoms with van der Waals surface area (Å²) in [6.07, 6.45) is 2.78. The van der Waals surface area contributed by atoms with Gasteiger partial charge in [-0.05, 0) is 30.5 Å². The van der Waals surface area contributed by atoms with Gasteiger partial charge in [-0.3, -0.25) is 4.79 Å². The van der Waals surface area contributed by atoms with Gasteiger partial charge in [-0.15, -0.1) is 0 Å². The molecule has 0 aliphatic heterocycles. The van der Waals surface area contributed by atoms with Gasteiger partial charge >= 0.3 is 0 Å². The van der Waals surface area contributed by atoms with Gasteiger partial charge in [0, 0.05) is 0 Å². The summed E-state index contributed by atoms with van der Waals surface area (Å²) in [5.74, 6) is 0.557. The van der Waals surface area contributed by atoms with Crippen LogP contribution in [0.25, 0.3) is 0 Å². The maximum absolute atomic E-state index is 11.5. The highest BCUT2D eigenvalue weighted by Gasteiger charge is 2.44. The molecule has 80 valence electrons. The molecular formula is C12H15NO2. The highest BCUT2D eigenvalue weighted by atomic mass is 16.5. The Morgan fingerprint density at radius 3 is 2.67 bits per heavy atom. The number of primary amides is 1. The fraction of sp³-hybridized carbons (Fsp3) is 0.417. The highest BCUT2D eigenvalue weighted by Crippen LogP contribution is 2.44. The summed E-state index contributed by atoms with van der Waals surface area (Å²) in [6, 6.07) is 7.63. The molecule has 0 heterocycles. The molecule has 0 bridgehead atoms. The topological polar surface area (TPSA) is 52.3 Å². The predicted octanol–water partition coefficient (Wildman–Crippen LogP) is 1.60. The second-order valence-corrected chi connectivity index (χ2v) is 4.03. The van der Waals surface area contributed by atoms with Crippen LogP contribution in [0.1, 0.15) is 24.8 Å². The van der Waals surface area contributed by atoms with Crippen molar-refractivity contribution in [1.82, 2.24) is 0 Å². The number of carbonyl (C=O) groups is 1. The van der Waals surface area contributed by atoms with Crippen LogP contribution in [0.15, 0.2) is 24.3 Å². The molecule has 1 aliphatic carbocycles. The van der Waals surface area contributed by atoms with E-state index in [1.165, 1.54) is 0 Å². The van der Waals surface area contributed by atoms with Crippen LogP contribution in [0.2, 0.25) is 0 Å². The van der Waals surface area contributed by atoms with E-state index in [-0.39, 0.29) is 5.91 Å². The van der Waals surface area contributed by atoms with Crippen molar-refractivity contribution in [2.24, 2.45) is 5.73 Å². The summed E-state index contributed by atoms with van der Waals surface area (Å²) < 4.78 is 5.15. The molecule has 3 nitrogen and oxygen atoms in total. The van der Waals surface area contributed by atoms with Gasteiger partial charge in [0.05, 0.1) is 12.5 Å². The van der Waals surface area contributed by atoms with E-state index in [4.69, 9.17) is 10.5 Å². The molecule has 0 saturated heterocycles. The Labute approximate surface area is 89.2 Å². The first-order valence-electron chi connectivity index (χ1n) is 5.13. The van der Waals surface area contributed by atoms with Gasteiger partial charge in [0.2, 0.25) is 5.91 Å². The number of benzene rings is 1. The Kier molecular flexibility index (Phi) is 2.39. The van der Waals surface area contributed by atoms with E-state index < -0.39 is 5.41 Å². The highest BCUT2D eigenvalue weighted by molar-refractivity contribution is 5.87. The van der Waals surface area contributed by atoms with Crippen LogP contribution < -0.4 is 10.5 Å². The molecule has 0 aromatic heterocycles. The second kappa shape index (κ2) is 3.57. The molecule has 1 aromatic rings. The van der Waals surface area contributed by atoms with Gasteiger partial charge in [0.1, 0.15) is 5.75 Å². The molecule has 3 heteroatoms. The monoisotopic (exact) mass is 205 g/mol. The molecule has 0 radical (unpaired) electrons. The smallest absolute Gasteiger partial charge is 0.228 e. The van der Waals surface area contributed by atoms with Crippen LogP contribution in [-0.2, 0) is 10.2 Å². The van der Waals surface area contributed by atoms with Gasteiger partial charge in [-0.2, -0.15) is 0 Å². The van der Waals surface area contributed by atoms with Crippen LogP contribution in [0.3, 0.4) is 0 Å². The number of carbonyl (C=O) groups excluding carboxylic acids is 1. The Hall–Kier alpha value is -1.51. The molecule has 1 saturated carbocycles. The largest absolute Gasteiger partial charge is 0.497 e. The number of amides is 1. The zero-order valence-electron chi connectivity index (χ0n) is 8.82. The summed E-state index contributed by atoms with van der Waals surface area (Å²) in [6.45, 7) is 0. The number of hydrogen-bond donors (Lipinski definition) is 1. The van der Waals surface area contributed by atoms with E-state index in [9.17, 15) is 4.79 Å². The van der Waals surface area contributed by atoms with Crippen LogP contribution in [-0.4, -0.2) is 13.0 Å². The van der Waals surface area contributed by atoms with Gasteiger partial charge in [0.25, 0.3) is 0 Å². The number of methoxy groups -OCH3 is 1. The zero-order chi connectivity index (χ0) is 10.9. The molecule has 1 amide bonds. The predicted molar refractivity (Wildman–Crippen MR) is 57.7 cm³/mol. The molecule has 0 atom stereocenters. The van der Waals surface area contributed by atoms with Gasteiger partial charge in [-0.1, -0.05) is 18.6 Å². The lowest BCUT2D eigenvalue weighted by Crippen LogP contribution is -2.46. The fourth-order valence-corrected chi connectivity index (χ4v) is 2.13. The molecule has 0 spiro atoms. The third kappa shape index (κ3) is 1.48. The lowest BCUT2D eigenvalue weighted by atomic mass is 9.64. The van der Waals surface area contributed by atoms with Crippen molar-refractivity contribution < 1.29 is 9.53 Å². The molecule has 2 N–H and O–H groups in total. The maximum atomic E-state index is 11.5. The van der Waals surface area contributed by atoms with Crippen molar-refractivity contribution in [1.29, 1.82) is 0 Å². The number of hydrogen-bond acceptors (Lipinski definition) is 2. The average Bonchev–Trinajstić information content (AvgIpc) is 2.16. The zero-order valence-corrected chi connectivity index (χ0v) is 8.82. The molecule has 0 unspecified atom stereocenters. The molecule has 1 aliphatic rings. The number of rotatable bonds is 3. The van der Waals surface area contributed by atoms with Crippen molar-refractivity contribution >= 4 is 5.91 Å². The first kappa shape index (κ1) is 10.0. The van der Waals surface area contributed by atoms with E-state index in [0.29, 0.717) is 0 Å². The minimum atomic E-state index is -0.436. The van der Waals surface area contributed by atoms with E-state index in [0.717, 1.165) is 30.6 Å². The van der Waals surface area contributed by atoms with Crippen LogP contribution in [0.5, 0.6) is 5.75 Å². The van der Waals surface area contributed by atoms with Crippen LogP contribution >= 0.6 is 0 Å². The molecular weight excluding hydrogens is 190 g/mol. The molecule has 1 fully saturated rings. The SMILES string of the molecule is COc1cccc(C2(C(N)=O)CCC2)c1. The fourth-order valence-electron chi connectivity index (χ4n) is 2.13. The lowest BCUT2D eigenvalue weighted by molar-refractivity contribution is -0.126. The minimum absolute atomic E-state index is 0.220.